The zero-order valence-corrected chi connectivity index (χ0v) is 10.5. The molecule has 0 bridgehead atoms. The third-order valence-corrected chi connectivity index (χ3v) is 3.38. The fourth-order valence-electron chi connectivity index (χ4n) is 2.40. The van der Waals surface area contributed by atoms with Gasteiger partial charge in [0.05, 0.1) is 5.56 Å². The summed E-state index contributed by atoms with van der Waals surface area (Å²) >= 11 is 0. The van der Waals surface area contributed by atoms with Crippen LogP contribution in [-0.2, 0) is 0 Å². The average molecular weight is 232 g/mol. The van der Waals surface area contributed by atoms with Gasteiger partial charge in [0, 0.05) is 18.8 Å². The molecule has 1 aliphatic carbocycles. The van der Waals surface area contributed by atoms with E-state index >= 15 is 0 Å². The maximum absolute atomic E-state index is 12.1. The minimum Gasteiger partial charge on any atom is -0.387 e. The molecule has 0 heterocycles. The highest BCUT2D eigenvalue weighted by Crippen LogP contribution is 2.20. The Bertz CT molecular complexity index is 409. The van der Waals surface area contributed by atoms with E-state index in [1.54, 1.807) is 0 Å². The number of hydrogen-bond donors (Lipinski definition) is 2. The van der Waals surface area contributed by atoms with Crippen LogP contribution >= 0.6 is 0 Å². The van der Waals surface area contributed by atoms with Crippen LogP contribution in [0.4, 0.5) is 5.69 Å². The maximum atomic E-state index is 12.1. The molecule has 1 aliphatic rings. The summed E-state index contributed by atoms with van der Waals surface area (Å²) in [5.74, 6) is 0.0428. The van der Waals surface area contributed by atoms with E-state index in [9.17, 15) is 4.79 Å². The largest absolute Gasteiger partial charge is 0.387 e. The Labute approximate surface area is 103 Å². The normalized spacial score (nSPS) is 15.9. The lowest BCUT2D eigenvalue weighted by atomic mass is 10.1. The Morgan fingerprint density at radius 2 is 2.00 bits per heavy atom. The van der Waals surface area contributed by atoms with Gasteiger partial charge in [-0.25, -0.2) is 0 Å². The first-order chi connectivity index (χ1) is 8.20. The molecular weight excluding hydrogens is 212 g/mol. The molecule has 0 spiro atoms. The Hall–Kier alpha value is -1.51. The molecule has 1 saturated carbocycles. The van der Waals surface area contributed by atoms with Gasteiger partial charge in [-0.2, -0.15) is 0 Å². The Morgan fingerprint density at radius 3 is 2.65 bits per heavy atom. The highest BCUT2D eigenvalue weighted by molar-refractivity contribution is 5.99. The van der Waals surface area contributed by atoms with Gasteiger partial charge < -0.3 is 10.6 Å². The lowest BCUT2D eigenvalue weighted by Crippen LogP contribution is -2.33. The summed E-state index contributed by atoms with van der Waals surface area (Å²) in [5, 5.41) is 6.19. The summed E-state index contributed by atoms with van der Waals surface area (Å²) in [6.07, 6.45) is 4.70. The molecule has 0 saturated heterocycles. The van der Waals surface area contributed by atoms with Crippen molar-refractivity contribution in [2.75, 3.05) is 12.4 Å². The molecule has 3 nitrogen and oxygen atoms in total. The maximum Gasteiger partial charge on any atom is 0.253 e. The van der Waals surface area contributed by atoms with Crippen LogP contribution < -0.4 is 10.6 Å². The quantitative estimate of drug-likeness (QED) is 0.841. The summed E-state index contributed by atoms with van der Waals surface area (Å²) in [6, 6.07) is 6.24. The van der Waals surface area contributed by atoms with Crippen LogP contribution in [0.2, 0.25) is 0 Å². The second-order valence-electron chi connectivity index (χ2n) is 4.75. The molecule has 0 atom stereocenters. The molecule has 2 N–H and O–H groups in total. The van der Waals surface area contributed by atoms with Gasteiger partial charge in [0.25, 0.3) is 5.91 Å². The molecule has 0 radical (unpaired) electrons. The Kier molecular flexibility index (Phi) is 3.67. The van der Waals surface area contributed by atoms with E-state index < -0.39 is 0 Å². The molecule has 0 aromatic heterocycles. The van der Waals surface area contributed by atoms with Crippen molar-refractivity contribution in [3.63, 3.8) is 0 Å². The average Bonchev–Trinajstić information content (AvgIpc) is 2.81. The number of aryl methyl sites for hydroxylation is 1. The zero-order chi connectivity index (χ0) is 12.3. The summed E-state index contributed by atoms with van der Waals surface area (Å²) in [6.45, 7) is 2.03. The molecule has 17 heavy (non-hydrogen) atoms. The van der Waals surface area contributed by atoms with E-state index in [-0.39, 0.29) is 5.91 Å². The number of amides is 1. The van der Waals surface area contributed by atoms with Crippen LogP contribution in [0.3, 0.4) is 0 Å². The smallest absolute Gasteiger partial charge is 0.253 e. The topological polar surface area (TPSA) is 41.1 Å². The first-order valence-electron chi connectivity index (χ1n) is 6.30. The van der Waals surface area contributed by atoms with Crippen molar-refractivity contribution in [1.82, 2.24) is 5.32 Å². The van der Waals surface area contributed by atoms with Gasteiger partial charge in [0.2, 0.25) is 0 Å². The van der Waals surface area contributed by atoms with Crippen molar-refractivity contribution < 1.29 is 4.79 Å². The number of carbonyl (C=O) groups is 1. The van der Waals surface area contributed by atoms with Crippen molar-refractivity contribution in [2.24, 2.45) is 0 Å². The van der Waals surface area contributed by atoms with Crippen molar-refractivity contribution >= 4 is 11.6 Å². The van der Waals surface area contributed by atoms with Crippen molar-refractivity contribution in [3.8, 4) is 0 Å². The van der Waals surface area contributed by atoms with Crippen LogP contribution in [0, 0.1) is 6.92 Å². The van der Waals surface area contributed by atoms with Crippen molar-refractivity contribution in [2.45, 2.75) is 38.6 Å². The summed E-state index contributed by atoms with van der Waals surface area (Å²) in [5.41, 5.74) is 2.80. The fraction of sp³-hybridized carbons (Fsp3) is 0.500. The van der Waals surface area contributed by atoms with E-state index in [0.717, 1.165) is 29.7 Å². The van der Waals surface area contributed by atoms with Gasteiger partial charge in [-0.1, -0.05) is 18.9 Å². The highest BCUT2D eigenvalue weighted by atomic mass is 16.1. The van der Waals surface area contributed by atoms with E-state index in [0.29, 0.717) is 6.04 Å². The summed E-state index contributed by atoms with van der Waals surface area (Å²) in [4.78, 5) is 12.1. The first-order valence-corrected chi connectivity index (χ1v) is 6.30. The van der Waals surface area contributed by atoms with Gasteiger partial charge in [0.15, 0.2) is 0 Å². The van der Waals surface area contributed by atoms with E-state index in [2.05, 4.69) is 10.6 Å². The van der Waals surface area contributed by atoms with Gasteiger partial charge in [-0.3, -0.25) is 4.79 Å². The number of nitrogens with one attached hydrogen (secondary N) is 2. The third-order valence-electron chi connectivity index (χ3n) is 3.38. The number of rotatable bonds is 3. The third kappa shape index (κ3) is 2.78. The minimum absolute atomic E-state index is 0.0428. The molecule has 3 heteroatoms. The van der Waals surface area contributed by atoms with Crippen LogP contribution in [-0.4, -0.2) is 19.0 Å². The number of hydrogen-bond acceptors (Lipinski definition) is 2. The van der Waals surface area contributed by atoms with E-state index in [1.807, 2.05) is 32.2 Å². The van der Waals surface area contributed by atoms with Gasteiger partial charge in [0.1, 0.15) is 0 Å². The molecule has 0 unspecified atom stereocenters. The van der Waals surface area contributed by atoms with Crippen LogP contribution in [0.1, 0.15) is 41.6 Å². The standard InChI is InChI=1S/C14H20N2O/c1-10-7-8-12(13(9-10)15-2)14(17)16-11-5-3-4-6-11/h7-9,11,15H,3-6H2,1-2H3,(H,16,17). The van der Waals surface area contributed by atoms with Crippen molar-refractivity contribution in [1.29, 1.82) is 0 Å². The first kappa shape index (κ1) is 12.0. The minimum atomic E-state index is 0.0428. The molecule has 92 valence electrons. The van der Waals surface area contributed by atoms with E-state index in [4.69, 9.17) is 0 Å². The molecule has 1 aromatic carbocycles. The van der Waals surface area contributed by atoms with E-state index in [1.165, 1.54) is 12.8 Å². The number of benzene rings is 1. The lowest BCUT2D eigenvalue weighted by molar-refractivity contribution is 0.0938. The van der Waals surface area contributed by atoms with Crippen molar-refractivity contribution in [3.05, 3.63) is 29.3 Å². The predicted molar refractivity (Wildman–Crippen MR) is 70.4 cm³/mol. The molecule has 0 aliphatic heterocycles. The van der Waals surface area contributed by atoms with Crippen LogP contribution in [0.25, 0.3) is 0 Å². The molecule has 1 amide bonds. The zero-order valence-electron chi connectivity index (χ0n) is 10.5. The Morgan fingerprint density at radius 1 is 1.29 bits per heavy atom. The number of anilines is 1. The van der Waals surface area contributed by atoms with Crippen LogP contribution in [0.15, 0.2) is 18.2 Å². The summed E-state index contributed by atoms with van der Waals surface area (Å²) < 4.78 is 0. The second kappa shape index (κ2) is 5.21. The van der Waals surface area contributed by atoms with Gasteiger partial charge in [-0.15, -0.1) is 0 Å². The van der Waals surface area contributed by atoms with Crippen LogP contribution in [0.5, 0.6) is 0 Å². The molecule has 1 fully saturated rings. The number of carbonyl (C=O) groups excluding carboxylic acids is 1. The molecule has 2 rings (SSSR count). The monoisotopic (exact) mass is 232 g/mol. The second-order valence-corrected chi connectivity index (χ2v) is 4.75. The molecule has 1 aromatic rings. The predicted octanol–water partition coefficient (Wildman–Crippen LogP) is 2.71. The SMILES string of the molecule is CNc1cc(C)ccc1C(=O)NC1CCCC1. The highest BCUT2D eigenvalue weighted by Gasteiger charge is 2.19. The van der Waals surface area contributed by atoms with Gasteiger partial charge >= 0.3 is 0 Å². The Balaban J connectivity index is 2.12. The molecular formula is C14H20N2O. The fourth-order valence-corrected chi connectivity index (χ4v) is 2.40. The lowest BCUT2D eigenvalue weighted by Gasteiger charge is -2.14. The summed E-state index contributed by atoms with van der Waals surface area (Å²) in [7, 11) is 1.85. The van der Waals surface area contributed by atoms with Gasteiger partial charge in [-0.05, 0) is 37.5 Å².